The Morgan fingerprint density at radius 3 is 2.76 bits per heavy atom. The number of piperidine rings is 1. The van der Waals surface area contributed by atoms with E-state index >= 15 is 0 Å². The molecule has 2 heterocycles. The predicted molar refractivity (Wildman–Crippen MR) is 63.3 cm³/mol. The first-order valence-corrected chi connectivity index (χ1v) is 6.58. The van der Waals surface area contributed by atoms with Crippen molar-refractivity contribution < 1.29 is 14.3 Å². The van der Waals surface area contributed by atoms with E-state index in [-0.39, 0.29) is 25.9 Å². The highest BCUT2D eigenvalue weighted by Gasteiger charge is 2.40. The molecule has 0 spiro atoms. The van der Waals surface area contributed by atoms with Crippen LogP contribution in [0.3, 0.4) is 0 Å². The molecule has 7 heteroatoms. The summed E-state index contributed by atoms with van der Waals surface area (Å²) in [7, 11) is 0. The largest absolute Gasteiger partial charge is 0.465 e. The number of amides is 1. The van der Waals surface area contributed by atoms with Gasteiger partial charge in [0, 0.05) is 37.0 Å². The van der Waals surface area contributed by atoms with Crippen LogP contribution >= 0.6 is 22.9 Å². The number of carboxylic acid groups (broad SMARTS) is 1. The molecule has 2 rings (SSSR count). The van der Waals surface area contributed by atoms with Crippen molar-refractivity contribution in [1.82, 2.24) is 9.88 Å². The maximum Gasteiger partial charge on any atom is 0.407 e. The van der Waals surface area contributed by atoms with Crippen LogP contribution < -0.4 is 0 Å². The molecule has 1 aliphatic rings. The van der Waals surface area contributed by atoms with Gasteiger partial charge in [-0.15, -0.1) is 22.9 Å². The zero-order valence-corrected chi connectivity index (χ0v) is 10.6. The molecule has 0 bridgehead atoms. The summed E-state index contributed by atoms with van der Waals surface area (Å²) in [5, 5.41) is 9.21. The zero-order chi connectivity index (χ0) is 12.5. The van der Waals surface area contributed by atoms with Crippen LogP contribution in [-0.2, 0) is 11.5 Å². The quantitative estimate of drug-likeness (QED) is 0.847. The molecule has 1 saturated heterocycles. The van der Waals surface area contributed by atoms with Gasteiger partial charge in [0.1, 0.15) is 5.01 Å². The van der Waals surface area contributed by atoms with E-state index in [0.29, 0.717) is 10.9 Å². The molecule has 0 atom stereocenters. The standard InChI is InChI=1S/C10H12ClFN2O2S/c11-5-7-6-13-8(17-7)10(12)1-3-14(4-2-10)9(15)16/h6H,1-5H2,(H,15,16). The second kappa shape index (κ2) is 4.78. The maximum atomic E-state index is 14.6. The van der Waals surface area contributed by atoms with E-state index in [9.17, 15) is 9.18 Å². The van der Waals surface area contributed by atoms with E-state index in [0.717, 1.165) is 4.88 Å². The van der Waals surface area contributed by atoms with E-state index < -0.39 is 11.8 Å². The molecule has 1 aromatic rings. The number of hydrogen-bond acceptors (Lipinski definition) is 3. The van der Waals surface area contributed by atoms with Crippen LogP contribution in [0.4, 0.5) is 9.18 Å². The molecule has 94 valence electrons. The maximum absolute atomic E-state index is 14.6. The minimum Gasteiger partial charge on any atom is -0.465 e. The summed E-state index contributed by atoms with van der Waals surface area (Å²) in [6.07, 6.45) is 0.911. The van der Waals surface area contributed by atoms with Gasteiger partial charge in [-0.3, -0.25) is 0 Å². The average molecular weight is 279 g/mol. The van der Waals surface area contributed by atoms with Crippen molar-refractivity contribution in [2.24, 2.45) is 0 Å². The monoisotopic (exact) mass is 278 g/mol. The number of alkyl halides is 2. The molecule has 0 unspecified atom stereocenters. The second-order valence-corrected chi connectivity index (χ2v) is 5.38. The van der Waals surface area contributed by atoms with Crippen LogP contribution in [0.5, 0.6) is 0 Å². The smallest absolute Gasteiger partial charge is 0.407 e. The van der Waals surface area contributed by atoms with Gasteiger partial charge in [0.25, 0.3) is 0 Å². The van der Waals surface area contributed by atoms with E-state index in [1.165, 1.54) is 16.2 Å². The third-order valence-electron chi connectivity index (χ3n) is 2.90. The number of rotatable bonds is 2. The highest BCUT2D eigenvalue weighted by molar-refractivity contribution is 7.11. The molecule has 1 fully saturated rings. The molecule has 0 aliphatic carbocycles. The Kier molecular flexibility index (Phi) is 3.53. The lowest BCUT2D eigenvalue weighted by Gasteiger charge is -2.33. The van der Waals surface area contributed by atoms with Crippen LogP contribution in [0.25, 0.3) is 0 Å². The molecule has 17 heavy (non-hydrogen) atoms. The summed E-state index contributed by atoms with van der Waals surface area (Å²) in [4.78, 5) is 16.8. The van der Waals surface area contributed by atoms with Crippen molar-refractivity contribution in [3.05, 3.63) is 16.1 Å². The lowest BCUT2D eigenvalue weighted by molar-refractivity contribution is 0.0550. The topological polar surface area (TPSA) is 53.4 Å². The molecule has 1 N–H and O–H groups in total. The molecular formula is C10H12ClFN2O2S. The summed E-state index contributed by atoms with van der Waals surface area (Å²) < 4.78 is 14.6. The number of carbonyl (C=O) groups is 1. The number of thiazole rings is 1. The van der Waals surface area contributed by atoms with E-state index in [4.69, 9.17) is 16.7 Å². The SMILES string of the molecule is O=C(O)N1CCC(F)(c2ncc(CCl)s2)CC1. The molecular weight excluding hydrogens is 267 g/mol. The van der Waals surface area contributed by atoms with Gasteiger partial charge in [0.15, 0.2) is 5.67 Å². The summed E-state index contributed by atoms with van der Waals surface area (Å²) in [6.45, 7) is 0.420. The van der Waals surface area contributed by atoms with Gasteiger partial charge in [0.05, 0.1) is 5.88 Å². The third kappa shape index (κ3) is 2.52. The van der Waals surface area contributed by atoms with Crippen molar-refractivity contribution in [3.8, 4) is 0 Å². The first-order chi connectivity index (χ1) is 8.05. The van der Waals surface area contributed by atoms with Crippen LogP contribution in [0.15, 0.2) is 6.20 Å². The molecule has 0 aromatic carbocycles. The van der Waals surface area contributed by atoms with Crippen molar-refractivity contribution in [2.75, 3.05) is 13.1 Å². The van der Waals surface area contributed by atoms with Crippen LogP contribution in [-0.4, -0.2) is 34.2 Å². The average Bonchev–Trinajstić information content (AvgIpc) is 2.78. The van der Waals surface area contributed by atoms with Crippen molar-refractivity contribution in [3.63, 3.8) is 0 Å². The van der Waals surface area contributed by atoms with Crippen LogP contribution in [0.1, 0.15) is 22.7 Å². The fourth-order valence-corrected chi connectivity index (χ4v) is 2.98. The molecule has 0 saturated carbocycles. The Balaban J connectivity index is 2.08. The van der Waals surface area contributed by atoms with E-state index in [1.54, 1.807) is 6.20 Å². The number of aromatic nitrogens is 1. The Morgan fingerprint density at radius 1 is 1.65 bits per heavy atom. The molecule has 1 aromatic heterocycles. The fourth-order valence-electron chi connectivity index (χ4n) is 1.84. The van der Waals surface area contributed by atoms with Gasteiger partial charge in [0.2, 0.25) is 0 Å². The highest BCUT2D eigenvalue weighted by Crippen LogP contribution is 2.39. The lowest BCUT2D eigenvalue weighted by Crippen LogP contribution is -2.42. The first kappa shape index (κ1) is 12.6. The van der Waals surface area contributed by atoms with Gasteiger partial charge < -0.3 is 10.0 Å². The van der Waals surface area contributed by atoms with Gasteiger partial charge in [-0.25, -0.2) is 14.2 Å². The van der Waals surface area contributed by atoms with E-state index in [2.05, 4.69) is 4.98 Å². The lowest BCUT2D eigenvalue weighted by atomic mass is 9.94. The van der Waals surface area contributed by atoms with Crippen molar-refractivity contribution in [2.45, 2.75) is 24.4 Å². The number of halogens is 2. The van der Waals surface area contributed by atoms with Crippen molar-refractivity contribution >= 4 is 29.0 Å². The molecule has 0 radical (unpaired) electrons. The summed E-state index contributed by atoms with van der Waals surface area (Å²) in [5.74, 6) is 0.328. The van der Waals surface area contributed by atoms with Crippen molar-refractivity contribution in [1.29, 1.82) is 0 Å². The fraction of sp³-hybridized carbons (Fsp3) is 0.600. The predicted octanol–water partition coefficient (Wildman–Crippen LogP) is 2.82. The van der Waals surface area contributed by atoms with Crippen LogP contribution in [0.2, 0.25) is 0 Å². The summed E-state index contributed by atoms with van der Waals surface area (Å²) in [6, 6.07) is 0. The molecule has 1 aliphatic heterocycles. The Labute approximate surface area is 107 Å². The Hall–Kier alpha value is -0.880. The third-order valence-corrected chi connectivity index (χ3v) is 4.52. The zero-order valence-electron chi connectivity index (χ0n) is 9.03. The molecule has 4 nitrogen and oxygen atoms in total. The first-order valence-electron chi connectivity index (χ1n) is 5.23. The van der Waals surface area contributed by atoms with Gasteiger partial charge in [-0.05, 0) is 0 Å². The van der Waals surface area contributed by atoms with Gasteiger partial charge in [-0.1, -0.05) is 0 Å². The minimum atomic E-state index is -1.50. The number of nitrogens with zero attached hydrogens (tertiary/aromatic N) is 2. The van der Waals surface area contributed by atoms with Gasteiger partial charge in [-0.2, -0.15) is 0 Å². The van der Waals surface area contributed by atoms with Crippen LogP contribution in [0, 0.1) is 0 Å². The number of hydrogen-bond donors (Lipinski definition) is 1. The number of likely N-dealkylation sites (tertiary alicyclic amines) is 1. The normalized spacial score (nSPS) is 19.3. The van der Waals surface area contributed by atoms with E-state index in [1.807, 2.05) is 0 Å². The Morgan fingerprint density at radius 2 is 2.29 bits per heavy atom. The van der Waals surface area contributed by atoms with Gasteiger partial charge >= 0.3 is 6.09 Å². The molecule has 1 amide bonds. The minimum absolute atomic E-state index is 0.161. The summed E-state index contributed by atoms with van der Waals surface area (Å²) in [5.41, 5.74) is -1.50. The summed E-state index contributed by atoms with van der Waals surface area (Å²) >= 11 is 6.92. The second-order valence-electron chi connectivity index (χ2n) is 4.00. The Bertz CT molecular complexity index is 418. The highest BCUT2D eigenvalue weighted by atomic mass is 35.5.